The van der Waals surface area contributed by atoms with Gasteiger partial charge < -0.3 is 10.4 Å². The van der Waals surface area contributed by atoms with Crippen molar-refractivity contribution < 1.29 is 19.5 Å². The summed E-state index contributed by atoms with van der Waals surface area (Å²) in [4.78, 5) is 41.1. The number of rotatable bonds is 6. The molecule has 1 atom stereocenters. The van der Waals surface area contributed by atoms with Crippen LogP contribution < -0.4 is 5.32 Å². The highest BCUT2D eigenvalue weighted by molar-refractivity contribution is 8.15. The Kier molecular flexibility index (Phi) is 5.97. The molecule has 7 nitrogen and oxygen atoms in total. The Hall–Kier alpha value is -2.35. The van der Waals surface area contributed by atoms with E-state index in [0.717, 1.165) is 0 Å². The van der Waals surface area contributed by atoms with E-state index in [9.17, 15) is 14.4 Å². The smallest absolute Gasteiger partial charge is 0.335 e. The summed E-state index contributed by atoms with van der Waals surface area (Å²) in [6, 6.07) is 5.87. The molecule has 1 aromatic carbocycles. The number of benzene rings is 1. The van der Waals surface area contributed by atoms with Crippen LogP contribution >= 0.6 is 11.8 Å². The third-order valence-electron chi connectivity index (χ3n) is 3.42. The van der Waals surface area contributed by atoms with E-state index >= 15 is 0 Å². The van der Waals surface area contributed by atoms with Gasteiger partial charge in [-0.15, -0.1) is 0 Å². The highest BCUT2D eigenvalue weighted by Crippen LogP contribution is 2.29. The third kappa shape index (κ3) is 4.14. The number of nitrogens with zero attached hydrogens (tertiary/aromatic N) is 2. The molecule has 2 rings (SSSR count). The van der Waals surface area contributed by atoms with Crippen LogP contribution in [0.2, 0.25) is 0 Å². The molecule has 0 saturated carbocycles. The maximum Gasteiger partial charge on any atom is 0.335 e. The van der Waals surface area contributed by atoms with E-state index in [1.54, 1.807) is 4.90 Å². The first-order valence-electron chi connectivity index (χ1n) is 7.62. The molecule has 2 N–H and O–H groups in total. The van der Waals surface area contributed by atoms with Gasteiger partial charge in [-0.05, 0) is 38.1 Å². The lowest BCUT2D eigenvalue weighted by molar-refractivity contribution is -0.128. The van der Waals surface area contributed by atoms with E-state index in [-0.39, 0.29) is 23.8 Å². The van der Waals surface area contributed by atoms with Crippen LogP contribution in [0.15, 0.2) is 29.3 Å². The topological polar surface area (TPSA) is 99.1 Å². The summed E-state index contributed by atoms with van der Waals surface area (Å²) >= 11 is 1.31. The SMILES string of the molecule is CCN=C1SC(CC(=O)Nc2ccc(C(=O)O)cc2)C(=O)N1CC. The lowest BCUT2D eigenvalue weighted by Gasteiger charge is -2.13. The fourth-order valence-electron chi connectivity index (χ4n) is 2.26. The van der Waals surface area contributed by atoms with Gasteiger partial charge >= 0.3 is 5.97 Å². The fourth-order valence-corrected chi connectivity index (χ4v) is 3.53. The molecule has 1 fully saturated rings. The Morgan fingerprint density at radius 1 is 1.29 bits per heavy atom. The summed E-state index contributed by atoms with van der Waals surface area (Å²) < 4.78 is 0. The largest absolute Gasteiger partial charge is 0.478 e. The van der Waals surface area contributed by atoms with Gasteiger partial charge in [0.05, 0.1) is 5.56 Å². The lowest BCUT2D eigenvalue weighted by Crippen LogP contribution is -2.33. The molecule has 1 aliphatic heterocycles. The molecule has 24 heavy (non-hydrogen) atoms. The van der Waals surface area contributed by atoms with E-state index in [0.29, 0.717) is 23.9 Å². The Bertz CT molecular complexity index is 672. The number of amides is 2. The van der Waals surface area contributed by atoms with Crippen molar-refractivity contribution in [1.29, 1.82) is 0 Å². The number of hydrogen-bond acceptors (Lipinski definition) is 5. The zero-order valence-corrected chi connectivity index (χ0v) is 14.3. The average Bonchev–Trinajstić information content (AvgIpc) is 2.83. The van der Waals surface area contributed by atoms with Crippen molar-refractivity contribution in [1.82, 2.24) is 4.90 Å². The van der Waals surface area contributed by atoms with Crippen LogP contribution in [0.25, 0.3) is 0 Å². The molecule has 0 radical (unpaired) electrons. The molecule has 128 valence electrons. The number of aliphatic imine (C=N–C) groups is 1. The maximum absolute atomic E-state index is 12.3. The summed E-state index contributed by atoms with van der Waals surface area (Å²) in [7, 11) is 0. The number of carbonyl (C=O) groups excluding carboxylic acids is 2. The standard InChI is InChI=1S/C16H19N3O4S/c1-3-17-16-19(4-2)14(21)12(24-16)9-13(20)18-11-7-5-10(6-8-11)15(22)23/h5-8,12H,3-4,9H2,1-2H3,(H,18,20)(H,22,23). The van der Waals surface area contributed by atoms with Crippen molar-refractivity contribution in [3.63, 3.8) is 0 Å². The minimum atomic E-state index is -1.02. The number of anilines is 1. The number of nitrogens with one attached hydrogen (secondary N) is 1. The van der Waals surface area contributed by atoms with E-state index in [2.05, 4.69) is 10.3 Å². The summed E-state index contributed by atoms with van der Waals surface area (Å²) in [5.74, 6) is -1.42. The molecule has 1 saturated heterocycles. The zero-order chi connectivity index (χ0) is 17.7. The van der Waals surface area contributed by atoms with Crippen molar-refractivity contribution in [3.8, 4) is 0 Å². The second kappa shape index (κ2) is 7.96. The molecule has 8 heteroatoms. The van der Waals surface area contributed by atoms with Crippen LogP contribution in [0.5, 0.6) is 0 Å². The van der Waals surface area contributed by atoms with E-state index in [1.165, 1.54) is 36.0 Å². The Balaban J connectivity index is 1.98. The number of thioether (sulfide) groups is 1. The molecule has 1 aromatic rings. The lowest BCUT2D eigenvalue weighted by atomic mass is 10.2. The molecule has 1 heterocycles. The van der Waals surface area contributed by atoms with Gasteiger partial charge in [-0.1, -0.05) is 11.8 Å². The molecule has 0 aromatic heterocycles. The van der Waals surface area contributed by atoms with Gasteiger partial charge in [0.15, 0.2) is 5.17 Å². The maximum atomic E-state index is 12.3. The van der Waals surface area contributed by atoms with Gasteiger partial charge in [-0.2, -0.15) is 0 Å². The van der Waals surface area contributed by atoms with Crippen molar-refractivity contribution in [2.24, 2.45) is 4.99 Å². The third-order valence-corrected chi connectivity index (χ3v) is 4.63. The molecular formula is C16H19N3O4S. The van der Waals surface area contributed by atoms with Gasteiger partial charge in [0.1, 0.15) is 5.25 Å². The summed E-state index contributed by atoms with van der Waals surface area (Å²) in [5, 5.41) is 11.7. The highest BCUT2D eigenvalue weighted by atomic mass is 32.2. The molecule has 0 spiro atoms. The zero-order valence-electron chi connectivity index (χ0n) is 13.5. The number of carbonyl (C=O) groups is 3. The quantitative estimate of drug-likeness (QED) is 0.819. The van der Waals surface area contributed by atoms with Crippen molar-refractivity contribution in [3.05, 3.63) is 29.8 Å². The van der Waals surface area contributed by atoms with Gasteiger partial charge in [0, 0.05) is 25.2 Å². The minimum Gasteiger partial charge on any atom is -0.478 e. The molecule has 0 bridgehead atoms. The number of aromatic carboxylic acids is 1. The monoisotopic (exact) mass is 349 g/mol. The number of hydrogen-bond donors (Lipinski definition) is 2. The Morgan fingerprint density at radius 2 is 1.96 bits per heavy atom. The first kappa shape index (κ1) is 18.0. The first-order valence-corrected chi connectivity index (χ1v) is 8.49. The highest BCUT2D eigenvalue weighted by Gasteiger charge is 2.37. The van der Waals surface area contributed by atoms with Crippen LogP contribution in [0, 0.1) is 0 Å². The van der Waals surface area contributed by atoms with Crippen LogP contribution in [-0.4, -0.2) is 51.3 Å². The predicted octanol–water partition coefficient (Wildman–Crippen LogP) is 2.05. The number of amidine groups is 1. The fraction of sp³-hybridized carbons (Fsp3) is 0.375. The van der Waals surface area contributed by atoms with Crippen LogP contribution in [-0.2, 0) is 9.59 Å². The van der Waals surface area contributed by atoms with E-state index in [1.807, 2.05) is 13.8 Å². The second-order valence-corrected chi connectivity index (χ2v) is 6.25. The van der Waals surface area contributed by atoms with Gasteiger partial charge in [0.2, 0.25) is 11.8 Å². The molecule has 1 aliphatic rings. The van der Waals surface area contributed by atoms with Crippen LogP contribution in [0.3, 0.4) is 0 Å². The van der Waals surface area contributed by atoms with Gasteiger partial charge in [-0.25, -0.2) is 4.79 Å². The molecule has 0 aliphatic carbocycles. The van der Waals surface area contributed by atoms with Crippen LogP contribution in [0.4, 0.5) is 5.69 Å². The number of carboxylic acid groups (broad SMARTS) is 1. The molecule has 2 amide bonds. The first-order chi connectivity index (χ1) is 11.5. The van der Waals surface area contributed by atoms with E-state index < -0.39 is 11.2 Å². The second-order valence-electron chi connectivity index (χ2n) is 5.08. The minimum absolute atomic E-state index is 0.0451. The number of carboxylic acids is 1. The average molecular weight is 349 g/mol. The summed E-state index contributed by atoms with van der Waals surface area (Å²) in [6.07, 6.45) is 0.0451. The molecular weight excluding hydrogens is 330 g/mol. The van der Waals surface area contributed by atoms with Crippen LogP contribution in [0.1, 0.15) is 30.6 Å². The Morgan fingerprint density at radius 3 is 2.50 bits per heavy atom. The molecule has 1 unspecified atom stereocenters. The van der Waals surface area contributed by atoms with Gasteiger partial charge in [-0.3, -0.25) is 19.5 Å². The summed E-state index contributed by atoms with van der Waals surface area (Å²) in [6.45, 7) is 4.88. The Labute approximate surface area is 144 Å². The predicted molar refractivity (Wildman–Crippen MR) is 93.4 cm³/mol. The van der Waals surface area contributed by atoms with Crippen molar-refractivity contribution in [2.45, 2.75) is 25.5 Å². The normalized spacial score (nSPS) is 18.9. The summed E-state index contributed by atoms with van der Waals surface area (Å²) in [5.41, 5.74) is 0.642. The van der Waals surface area contributed by atoms with Gasteiger partial charge in [0.25, 0.3) is 0 Å². The van der Waals surface area contributed by atoms with Crippen molar-refractivity contribution in [2.75, 3.05) is 18.4 Å². The van der Waals surface area contributed by atoms with E-state index in [4.69, 9.17) is 5.11 Å². The van der Waals surface area contributed by atoms with Crippen molar-refractivity contribution >= 4 is 40.4 Å².